The van der Waals surface area contributed by atoms with E-state index in [1.807, 2.05) is 6.07 Å². The number of pyridine rings is 1. The van der Waals surface area contributed by atoms with Gasteiger partial charge in [-0.1, -0.05) is 41.0 Å². The van der Waals surface area contributed by atoms with Gasteiger partial charge in [-0.05, 0) is 36.9 Å². The van der Waals surface area contributed by atoms with E-state index in [-0.39, 0.29) is 40.1 Å². The van der Waals surface area contributed by atoms with Crippen molar-refractivity contribution in [1.82, 2.24) is 14.9 Å². The zero-order valence-electron chi connectivity index (χ0n) is 23.2. The number of nitriles is 1. The number of carbonyl (C=O) groups excluding carboxylic acids is 3. The number of fused-ring (bicyclic) bond motifs is 2. The Morgan fingerprint density at radius 2 is 2.02 bits per heavy atom. The van der Waals surface area contributed by atoms with Crippen molar-refractivity contribution in [3.63, 3.8) is 0 Å². The molecule has 0 radical (unpaired) electrons. The summed E-state index contributed by atoms with van der Waals surface area (Å²) in [6.45, 7) is 4.08. The molecule has 1 aliphatic carbocycles. The number of hydrogen-bond acceptors (Lipinski definition) is 6. The van der Waals surface area contributed by atoms with Crippen LogP contribution in [0, 0.1) is 11.3 Å². The topological polar surface area (TPSA) is 119 Å². The Morgan fingerprint density at radius 3 is 2.73 bits per heavy atom. The summed E-state index contributed by atoms with van der Waals surface area (Å²) >= 11 is 6.53. The molecule has 2 atom stereocenters. The van der Waals surface area contributed by atoms with Gasteiger partial charge in [-0.3, -0.25) is 19.3 Å². The number of nitrogens with zero attached hydrogens (tertiary/aromatic N) is 6. The fourth-order valence-corrected chi connectivity index (χ4v) is 6.10. The molecule has 1 saturated carbocycles. The van der Waals surface area contributed by atoms with Crippen molar-refractivity contribution in [3.05, 3.63) is 94.8 Å². The molecule has 44 heavy (non-hydrogen) atoms. The maximum absolute atomic E-state index is 13.8. The van der Waals surface area contributed by atoms with Crippen LogP contribution in [0.5, 0.6) is 0 Å². The van der Waals surface area contributed by atoms with Crippen LogP contribution >= 0.6 is 11.6 Å². The number of alkyl halides is 2. The Bertz CT molecular complexity index is 1780. The standard InChI is InChI=1S/C31H24ClF2N7O3/c1-19-11-27(43)39(26-12-20(15-35)9-10-36-26)17-41(19)29-21(16-37-41)5-4-8-25(29)40(18-42)28(23-6-2-3-7-24(23)32)30(44)38-22-13-31(33,34)14-22/h2-10,12,16,18,22,28H,1,11,13-14,17H2/p+1/t28-,41?/m0/s1. The van der Waals surface area contributed by atoms with E-state index in [1.165, 1.54) is 28.1 Å². The smallest absolute Gasteiger partial charge is 0.252 e. The molecule has 3 heterocycles. The quantitative estimate of drug-likeness (QED) is 0.303. The molecule has 1 N–H and O–H groups in total. The fraction of sp³-hybridized carbons (Fsp3) is 0.226. The van der Waals surface area contributed by atoms with E-state index in [9.17, 15) is 28.4 Å². The predicted octanol–water partition coefficient (Wildman–Crippen LogP) is 4.79. The highest BCUT2D eigenvalue weighted by molar-refractivity contribution is 6.31. The third-order valence-electron chi connectivity index (χ3n) is 8.04. The fourth-order valence-electron chi connectivity index (χ4n) is 5.86. The summed E-state index contributed by atoms with van der Waals surface area (Å²) in [4.78, 5) is 46.9. The molecular weight excluding hydrogens is 592 g/mol. The van der Waals surface area contributed by atoms with Crippen molar-refractivity contribution in [1.29, 1.82) is 5.26 Å². The second-order valence-corrected chi connectivity index (χ2v) is 11.3. The highest BCUT2D eigenvalue weighted by Crippen LogP contribution is 2.48. The van der Waals surface area contributed by atoms with E-state index in [0.717, 1.165) is 0 Å². The number of halogens is 3. The van der Waals surface area contributed by atoms with E-state index in [1.54, 1.807) is 48.7 Å². The minimum atomic E-state index is -2.87. The molecule has 0 bridgehead atoms. The number of para-hydroxylation sites is 1. The van der Waals surface area contributed by atoms with E-state index in [0.29, 0.717) is 34.5 Å². The van der Waals surface area contributed by atoms with Crippen molar-refractivity contribution in [3.8, 4) is 6.07 Å². The third kappa shape index (κ3) is 4.90. The van der Waals surface area contributed by atoms with Gasteiger partial charge >= 0.3 is 0 Å². The van der Waals surface area contributed by atoms with Crippen LogP contribution in [-0.4, -0.2) is 48.1 Å². The molecule has 6 rings (SSSR count). The Labute approximate surface area is 256 Å². The van der Waals surface area contributed by atoms with E-state index in [2.05, 4.69) is 16.9 Å². The minimum absolute atomic E-state index is 0.0904. The van der Waals surface area contributed by atoms with Crippen molar-refractivity contribution in [2.45, 2.75) is 37.3 Å². The van der Waals surface area contributed by atoms with Crippen molar-refractivity contribution < 1.29 is 23.2 Å². The molecule has 222 valence electrons. The molecule has 3 aliphatic rings. The molecule has 2 aliphatic heterocycles. The van der Waals surface area contributed by atoms with E-state index in [4.69, 9.17) is 16.7 Å². The first kappa shape index (κ1) is 29.1. The number of quaternary nitrogens is 1. The number of carbonyl (C=O) groups is 3. The van der Waals surface area contributed by atoms with Gasteiger partial charge in [0, 0.05) is 35.7 Å². The lowest BCUT2D eigenvalue weighted by Crippen LogP contribution is -2.57. The SMILES string of the molecule is C=C1CC(=O)N(c2cc(C#N)ccn2)C[N+]12N=Cc1cccc(N(C=O)[C@H](C(=O)NC3CC(F)(F)C3)c3ccccc3Cl)c12. The lowest BCUT2D eigenvalue weighted by molar-refractivity contribution is -0.131. The van der Waals surface area contributed by atoms with Crippen LogP contribution in [0.15, 0.2) is 78.2 Å². The summed E-state index contributed by atoms with van der Waals surface area (Å²) in [5.41, 5.74) is 2.38. The zero-order valence-corrected chi connectivity index (χ0v) is 23.9. The van der Waals surface area contributed by atoms with Crippen LogP contribution in [0.1, 0.15) is 42.0 Å². The van der Waals surface area contributed by atoms with Gasteiger partial charge in [0.2, 0.25) is 18.2 Å². The molecular formula is C31H25ClF2N7O3+. The first-order chi connectivity index (χ1) is 21.1. The van der Waals surface area contributed by atoms with Gasteiger partial charge in [-0.15, -0.1) is 4.59 Å². The monoisotopic (exact) mass is 616 g/mol. The second-order valence-electron chi connectivity index (χ2n) is 10.9. The maximum Gasteiger partial charge on any atom is 0.252 e. The van der Waals surface area contributed by atoms with Crippen LogP contribution in [0.3, 0.4) is 0 Å². The molecule has 13 heteroatoms. The third-order valence-corrected chi connectivity index (χ3v) is 8.39. The summed E-state index contributed by atoms with van der Waals surface area (Å²) in [7, 11) is 0. The summed E-state index contributed by atoms with van der Waals surface area (Å²) in [5.74, 6) is -3.60. The predicted molar refractivity (Wildman–Crippen MR) is 160 cm³/mol. The Kier molecular flexibility index (Phi) is 7.23. The van der Waals surface area contributed by atoms with Crippen LogP contribution in [0.4, 0.5) is 26.0 Å². The normalized spacial score (nSPS) is 20.9. The van der Waals surface area contributed by atoms with Gasteiger partial charge < -0.3 is 5.32 Å². The van der Waals surface area contributed by atoms with Gasteiger partial charge in [0.05, 0.1) is 23.4 Å². The van der Waals surface area contributed by atoms with Gasteiger partial charge in [0.15, 0.2) is 12.4 Å². The average molecular weight is 617 g/mol. The second kappa shape index (κ2) is 10.9. The number of hydrogen-bond donors (Lipinski definition) is 1. The summed E-state index contributed by atoms with van der Waals surface area (Å²) < 4.78 is 26.9. The Hall–Kier alpha value is -4.99. The number of rotatable bonds is 7. The molecule has 1 saturated heterocycles. The van der Waals surface area contributed by atoms with Gasteiger partial charge in [-0.2, -0.15) is 5.26 Å². The Morgan fingerprint density at radius 1 is 1.25 bits per heavy atom. The zero-order chi connectivity index (χ0) is 31.2. The van der Waals surface area contributed by atoms with Gasteiger partial charge in [-0.25, -0.2) is 18.7 Å². The summed E-state index contributed by atoms with van der Waals surface area (Å²) in [6.07, 6.45) is 2.39. The van der Waals surface area contributed by atoms with Crippen molar-refractivity contribution in [2.75, 3.05) is 16.5 Å². The molecule has 3 amide bonds. The average Bonchev–Trinajstić information content (AvgIpc) is 3.37. The van der Waals surface area contributed by atoms with E-state index < -0.39 is 36.8 Å². The minimum Gasteiger partial charge on any atom is -0.351 e. The number of nitrogens with one attached hydrogen (secondary N) is 1. The van der Waals surface area contributed by atoms with Crippen LogP contribution < -0.4 is 19.7 Å². The molecule has 10 nitrogen and oxygen atoms in total. The number of aromatic nitrogens is 1. The summed E-state index contributed by atoms with van der Waals surface area (Å²) in [6, 6.07) is 14.6. The number of benzene rings is 2. The van der Waals surface area contributed by atoms with Gasteiger partial charge in [0.1, 0.15) is 29.7 Å². The highest BCUT2D eigenvalue weighted by atomic mass is 35.5. The maximum atomic E-state index is 13.8. The Balaban J connectivity index is 1.45. The molecule has 2 fully saturated rings. The molecule has 1 aromatic heterocycles. The molecule has 2 aromatic carbocycles. The van der Waals surface area contributed by atoms with E-state index >= 15 is 0 Å². The number of anilines is 2. The van der Waals surface area contributed by atoms with Crippen LogP contribution in [-0.2, 0) is 14.4 Å². The van der Waals surface area contributed by atoms with Gasteiger partial charge in [0.25, 0.3) is 5.92 Å². The largest absolute Gasteiger partial charge is 0.351 e. The molecule has 3 aromatic rings. The first-order valence-electron chi connectivity index (χ1n) is 13.7. The highest BCUT2D eigenvalue weighted by Gasteiger charge is 2.52. The molecule has 1 spiro atoms. The van der Waals surface area contributed by atoms with Crippen molar-refractivity contribution >= 4 is 53.2 Å². The summed E-state index contributed by atoms with van der Waals surface area (Å²) in [5, 5.41) is 17.0. The van der Waals surface area contributed by atoms with Crippen LogP contribution in [0.25, 0.3) is 0 Å². The molecule has 1 unspecified atom stereocenters. The lowest BCUT2D eigenvalue weighted by Gasteiger charge is -2.41. The lowest BCUT2D eigenvalue weighted by atomic mass is 9.87. The van der Waals surface area contributed by atoms with Crippen molar-refractivity contribution in [2.24, 2.45) is 5.10 Å². The first-order valence-corrected chi connectivity index (χ1v) is 14.0. The van der Waals surface area contributed by atoms with Crippen LogP contribution in [0.2, 0.25) is 5.02 Å². The number of amides is 3.